The van der Waals surface area contributed by atoms with Crippen LogP contribution in [-0.2, 0) is 11.3 Å². The Morgan fingerprint density at radius 2 is 1.93 bits per heavy atom. The number of nitrogens with zero attached hydrogens (tertiary/aromatic N) is 2. The molecule has 150 valence electrons. The first-order valence-electron chi connectivity index (χ1n) is 9.50. The van der Waals surface area contributed by atoms with Gasteiger partial charge in [0.25, 0.3) is 0 Å². The third kappa shape index (κ3) is 6.44. The summed E-state index contributed by atoms with van der Waals surface area (Å²) in [5.41, 5.74) is 1.81. The van der Waals surface area contributed by atoms with Crippen molar-refractivity contribution in [3.63, 3.8) is 0 Å². The Kier molecular flexibility index (Phi) is 8.09. The van der Waals surface area contributed by atoms with Crippen molar-refractivity contribution in [2.45, 2.75) is 13.0 Å². The van der Waals surface area contributed by atoms with Crippen LogP contribution in [0.15, 0.2) is 53.0 Å². The van der Waals surface area contributed by atoms with E-state index in [0.29, 0.717) is 11.7 Å². The fraction of sp³-hybridized carbons (Fsp3) is 0.381. The predicted octanol–water partition coefficient (Wildman–Crippen LogP) is 4.08. The van der Waals surface area contributed by atoms with Gasteiger partial charge in [0.2, 0.25) is 0 Å². The van der Waals surface area contributed by atoms with Gasteiger partial charge in [-0.3, -0.25) is 4.90 Å². The maximum atomic E-state index is 10.3. The molecule has 1 fully saturated rings. The van der Waals surface area contributed by atoms with E-state index < -0.39 is 0 Å². The predicted molar refractivity (Wildman–Crippen MR) is 121 cm³/mol. The van der Waals surface area contributed by atoms with E-state index in [9.17, 15) is 5.11 Å². The summed E-state index contributed by atoms with van der Waals surface area (Å²) in [5.74, 6) is 0.281. The SMILES string of the molecule is Oc1ccc(Br)cc1CN(CCCN1CCOCC1)C(=S)Nc1ccccc1. The fourth-order valence-electron chi connectivity index (χ4n) is 3.17. The lowest BCUT2D eigenvalue weighted by atomic mass is 10.2. The van der Waals surface area contributed by atoms with Gasteiger partial charge in [-0.25, -0.2) is 0 Å². The van der Waals surface area contributed by atoms with Crippen molar-refractivity contribution in [3.05, 3.63) is 58.6 Å². The molecule has 0 atom stereocenters. The van der Waals surface area contributed by atoms with Crippen LogP contribution in [0.5, 0.6) is 5.75 Å². The lowest BCUT2D eigenvalue weighted by molar-refractivity contribution is 0.0367. The molecule has 0 radical (unpaired) electrons. The Morgan fingerprint density at radius 1 is 1.18 bits per heavy atom. The van der Waals surface area contributed by atoms with Crippen LogP contribution in [0.4, 0.5) is 5.69 Å². The molecule has 2 aromatic rings. The number of anilines is 1. The standard InChI is InChI=1S/C21H26BrN3O2S/c22-18-7-8-20(26)17(15-18)16-25(10-4-9-24-11-13-27-14-12-24)21(28)23-19-5-2-1-3-6-19/h1-3,5-8,15,26H,4,9-14,16H2,(H,23,28). The van der Waals surface area contributed by atoms with Gasteiger partial charge in [0.05, 0.1) is 13.2 Å². The summed E-state index contributed by atoms with van der Waals surface area (Å²) in [4.78, 5) is 4.54. The van der Waals surface area contributed by atoms with E-state index in [-0.39, 0.29) is 5.75 Å². The van der Waals surface area contributed by atoms with Crippen LogP contribution in [0.1, 0.15) is 12.0 Å². The highest BCUT2D eigenvalue weighted by Gasteiger charge is 2.15. The number of halogens is 1. The van der Waals surface area contributed by atoms with Gasteiger partial charge >= 0.3 is 0 Å². The highest BCUT2D eigenvalue weighted by Crippen LogP contribution is 2.24. The molecule has 0 spiro atoms. The summed E-state index contributed by atoms with van der Waals surface area (Å²) < 4.78 is 6.36. The van der Waals surface area contributed by atoms with Crippen molar-refractivity contribution >= 4 is 38.9 Å². The average molecular weight is 464 g/mol. The van der Waals surface area contributed by atoms with Crippen molar-refractivity contribution in [2.24, 2.45) is 0 Å². The highest BCUT2D eigenvalue weighted by molar-refractivity contribution is 9.10. The van der Waals surface area contributed by atoms with Crippen molar-refractivity contribution in [3.8, 4) is 5.75 Å². The molecule has 1 aliphatic heterocycles. The van der Waals surface area contributed by atoms with E-state index in [1.807, 2.05) is 42.5 Å². The number of morpholine rings is 1. The average Bonchev–Trinajstić information content (AvgIpc) is 2.71. The Morgan fingerprint density at radius 3 is 2.68 bits per heavy atom. The zero-order valence-electron chi connectivity index (χ0n) is 15.8. The Hall–Kier alpha value is -1.67. The summed E-state index contributed by atoms with van der Waals surface area (Å²) in [6.45, 7) is 5.96. The number of ether oxygens (including phenoxy) is 1. The van der Waals surface area contributed by atoms with Crippen molar-refractivity contribution in [1.82, 2.24) is 9.80 Å². The largest absolute Gasteiger partial charge is 0.508 e. The maximum absolute atomic E-state index is 10.3. The molecule has 1 heterocycles. The van der Waals surface area contributed by atoms with Crippen LogP contribution >= 0.6 is 28.1 Å². The number of nitrogens with one attached hydrogen (secondary N) is 1. The van der Waals surface area contributed by atoms with Crippen LogP contribution in [0.2, 0.25) is 0 Å². The van der Waals surface area contributed by atoms with Gasteiger partial charge in [-0.05, 0) is 49.0 Å². The second-order valence-corrected chi connectivity index (χ2v) is 8.10. The van der Waals surface area contributed by atoms with Gasteiger partial charge in [0.1, 0.15) is 5.75 Å². The lowest BCUT2D eigenvalue weighted by Gasteiger charge is -2.30. The first-order chi connectivity index (χ1) is 13.6. The number of benzene rings is 2. The number of rotatable bonds is 7. The van der Waals surface area contributed by atoms with Gasteiger partial charge in [-0.1, -0.05) is 34.1 Å². The molecule has 7 heteroatoms. The number of phenolic OH excluding ortho intramolecular Hbond substituents is 1. The molecule has 28 heavy (non-hydrogen) atoms. The molecule has 0 aliphatic carbocycles. The first kappa shape index (κ1) is 21.0. The molecule has 0 saturated carbocycles. The Labute approximate surface area is 180 Å². The minimum absolute atomic E-state index is 0.281. The number of para-hydroxylation sites is 1. The van der Waals surface area contributed by atoms with E-state index >= 15 is 0 Å². The smallest absolute Gasteiger partial charge is 0.173 e. The fourth-order valence-corrected chi connectivity index (χ4v) is 3.85. The summed E-state index contributed by atoms with van der Waals surface area (Å²) >= 11 is 9.18. The molecule has 3 rings (SSSR count). The summed E-state index contributed by atoms with van der Waals surface area (Å²) in [6, 6.07) is 15.4. The minimum Gasteiger partial charge on any atom is -0.508 e. The van der Waals surface area contributed by atoms with Crippen LogP contribution < -0.4 is 5.32 Å². The molecule has 0 bridgehead atoms. The first-order valence-corrected chi connectivity index (χ1v) is 10.7. The highest BCUT2D eigenvalue weighted by atomic mass is 79.9. The molecule has 1 saturated heterocycles. The lowest BCUT2D eigenvalue weighted by Crippen LogP contribution is -2.40. The third-order valence-corrected chi connectivity index (χ3v) is 5.57. The number of hydrogen-bond acceptors (Lipinski definition) is 4. The molecule has 2 aromatic carbocycles. The van der Waals surface area contributed by atoms with Gasteiger partial charge in [-0.2, -0.15) is 0 Å². The molecule has 0 unspecified atom stereocenters. The molecule has 0 aromatic heterocycles. The number of aromatic hydroxyl groups is 1. The van der Waals surface area contributed by atoms with Crippen LogP contribution in [0.25, 0.3) is 0 Å². The summed E-state index contributed by atoms with van der Waals surface area (Å²) in [6.07, 6.45) is 0.991. The van der Waals surface area contributed by atoms with Gasteiger partial charge < -0.3 is 20.1 Å². The monoisotopic (exact) mass is 463 g/mol. The van der Waals surface area contributed by atoms with Crippen LogP contribution in [0, 0.1) is 0 Å². The molecular formula is C21H26BrN3O2S. The van der Waals surface area contributed by atoms with E-state index in [4.69, 9.17) is 17.0 Å². The molecule has 5 nitrogen and oxygen atoms in total. The molecule has 0 amide bonds. The zero-order chi connectivity index (χ0) is 19.8. The number of thiocarbonyl (C=S) groups is 1. The number of hydrogen-bond donors (Lipinski definition) is 2. The summed E-state index contributed by atoms with van der Waals surface area (Å²) in [7, 11) is 0. The second kappa shape index (κ2) is 10.8. The second-order valence-electron chi connectivity index (χ2n) is 6.80. The van der Waals surface area contributed by atoms with E-state index in [0.717, 1.165) is 61.5 Å². The third-order valence-electron chi connectivity index (χ3n) is 4.72. The quantitative estimate of drug-likeness (QED) is 0.603. The van der Waals surface area contributed by atoms with E-state index in [1.54, 1.807) is 6.07 Å². The van der Waals surface area contributed by atoms with Crippen LogP contribution in [-0.4, -0.2) is 59.4 Å². The molecule has 2 N–H and O–H groups in total. The van der Waals surface area contributed by atoms with E-state index in [2.05, 4.69) is 31.0 Å². The maximum Gasteiger partial charge on any atom is 0.173 e. The minimum atomic E-state index is 0.281. The normalized spacial score (nSPS) is 14.6. The Bertz CT molecular complexity index is 770. The topological polar surface area (TPSA) is 48.0 Å². The summed E-state index contributed by atoms with van der Waals surface area (Å²) in [5, 5.41) is 14.2. The number of phenols is 1. The van der Waals surface area contributed by atoms with Gasteiger partial charge in [0.15, 0.2) is 5.11 Å². The van der Waals surface area contributed by atoms with Crippen molar-refractivity contribution in [2.75, 3.05) is 44.7 Å². The molecular weight excluding hydrogens is 438 g/mol. The van der Waals surface area contributed by atoms with Crippen molar-refractivity contribution in [1.29, 1.82) is 0 Å². The Balaban J connectivity index is 1.65. The molecule has 1 aliphatic rings. The van der Waals surface area contributed by atoms with Gasteiger partial charge in [0, 0.05) is 48.4 Å². The van der Waals surface area contributed by atoms with E-state index in [1.165, 1.54) is 0 Å². The van der Waals surface area contributed by atoms with Crippen molar-refractivity contribution < 1.29 is 9.84 Å². The zero-order valence-corrected chi connectivity index (χ0v) is 18.2. The van der Waals surface area contributed by atoms with Crippen LogP contribution in [0.3, 0.4) is 0 Å². The van der Waals surface area contributed by atoms with Gasteiger partial charge in [-0.15, -0.1) is 0 Å².